The first-order chi connectivity index (χ1) is 13.5. The number of nitrogens with one attached hydrogen (secondary N) is 1. The fourth-order valence-electron chi connectivity index (χ4n) is 3.30. The van der Waals surface area contributed by atoms with Gasteiger partial charge in [-0.05, 0) is 49.2 Å². The van der Waals surface area contributed by atoms with Crippen LogP contribution in [0, 0.1) is 13.8 Å². The van der Waals surface area contributed by atoms with Crippen molar-refractivity contribution in [2.45, 2.75) is 20.4 Å². The number of aromatic nitrogens is 1. The number of carbonyl (C=O) groups excluding carboxylic acids is 2. The second-order valence-corrected chi connectivity index (χ2v) is 6.95. The van der Waals surface area contributed by atoms with Crippen LogP contribution in [0.25, 0.3) is 11.8 Å². The molecule has 0 radical (unpaired) electrons. The minimum absolute atomic E-state index is 0.251. The number of benzene rings is 2. The summed E-state index contributed by atoms with van der Waals surface area (Å²) in [5.74, 6) is -0.317. The van der Waals surface area contributed by atoms with Crippen molar-refractivity contribution in [3.8, 4) is 5.69 Å². The second kappa shape index (κ2) is 7.19. The molecule has 0 unspecified atom stereocenters. The van der Waals surface area contributed by atoms with Crippen molar-refractivity contribution in [2.75, 3.05) is 0 Å². The number of aryl methyl sites for hydroxylation is 2. The third kappa shape index (κ3) is 3.34. The normalized spacial score (nSPS) is 15.4. The first-order valence-electron chi connectivity index (χ1n) is 9.16. The Morgan fingerprint density at radius 3 is 2.43 bits per heavy atom. The Labute approximate surface area is 163 Å². The molecule has 1 saturated heterocycles. The Bertz CT molecular complexity index is 1080. The van der Waals surface area contributed by atoms with Crippen LogP contribution in [-0.4, -0.2) is 21.4 Å². The summed E-state index contributed by atoms with van der Waals surface area (Å²) in [7, 11) is 0. The molecule has 0 spiro atoms. The summed E-state index contributed by atoms with van der Waals surface area (Å²) in [5.41, 5.74) is 5.33. The lowest BCUT2D eigenvalue weighted by Crippen LogP contribution is -2.30. The molecule has 1 N–H and O–H groups in total. The molecule has 5 nitrogen and oxygen atoms in total. The number of para-hydroxylation sites is 1. The average Bonchev–Trinajstić information content (AvgIpc) is 3.24. The van der Waals surface area contributed by atoms with Crippen molar-refractivity contribution < 1.29 is 9.59 Å². The zero-order chi connectivity index (χ0) is 19.7. The van der Waals surface area contributed by atoms with Gasteiger partial charge in [-0.25, -0.2) is 4.79 Å². The Kier molecular flexibility index (Phi) is 4.57. The van der Waals surface area contributed by atoms with Gasteiger partial charge >= 0.3 is 6.03 Å². The number of hydrogen-bond donors (Lipinski definition) is 1. The lowest BCUT2D eigenvalue weighted by Gasteiger charge is -2.12. The van der Waals surface area contributed by atoms with Gasteiger partial charge in [-0.3, -0.25) is 9.69 Å². The zero-order valence-electron chi connectivity index (χ0n) is 15.8. The van der Waals surface area contributed by atoms with E-state index in [0.717, 1.165) is 28.1 Å². The third-order valence-electron chi connectivity index (χ3n) is 4.87. The molecule has 140 valence electrons. The maximum absolute atomic E-state index is 12.8. The minimum atomic E-state index is -0.397. The van der Waals surface area contributed by atoms with Gasteiger partial charge in [0.1, 0.15) is 5.70 Å². The van der Waals surface area contributed by atoms with Gasteiger partial charge in [0.05, 0.1) is 6.54 Å². The van der Waals surface area contributed by atoms with E-state index < -0.39 is 6.03 Å². The fraction of sp³-hybridized carbons (Fsp3) is 0.130. The number of carbonyl (C=O) groups is 2. The number of hydrogen-bond acceptors (Lipinski definition) is 2. The van der Waals surface area contributed by atoms with Crippen molar-refractivity contribution >= 4 is 18.0 Å². The molecule has 0 bridgehead atoms. The molecule has 0 aliphatic carbocycles. The summed E-state index contributed by atoms with van der Waals surface area (Å²) in [5, 5.41) is 2.70. The van der Waals surface area contributed by atoms with Gasteiger partial charge in [-0.15, -0.1) is 0 Å². The highest BCUT2D eigenvalue weighted by Gasteiger charge is 2.33. The van der Waals surface area contributed by atoms with Crippen LogP contribution in [0.2, 0.25) is 0 Å². The van der Waals surface area contributed by atoms with E-state index in [1.165, 1.54) is 4.90 Å². The fourth-order valence-corrected chi connectivity index (χ4v) is 3.30. The van der Waals surface area contributed by atoms with Gasteiger partial charge in [0.25, 0.3) is 5.91 Å². The Morgan fingerprint density at radius 1 is 0.929 bits per heavy atom. The Hall–Kier alpha value is -3.60. The first-order valence-corrected chi connectivity index (χ1v) is 9.16. The monoisotopic (exact) mass is 371 g/mol. The first kappa shape index (κ1) is 17.8. The van der Waals surface area contributed by atoms with Gasteiger partial charge in [0.2, 0.25) is 0 Å². The quantitative estimate of drug-likeness (QED) is 0.552. The Morgan fingerprint density at radius 2 is 1.68 bits per heavy atom. The van der Waals surface area contributed by atoms with Gasteiger partial charge in [0, 0.05) is 17.6 Å². The van der Waals surface area contributed by atoms with Gasteiger partial charge < -0.3 is 9.88 Å². The maximum atomic E-state index is 12.8. The van der Waals surface area contributed by atoms with Crippen molar-refractivity contribution in [3.63, 3.8) is 0 Å². The van der Waals surface area contributed by atoms with Crippen molar-refractivity contribution in [3.05, 3.63) is 94.9 Å². The third-order valence-corrected chi connectivity index (χ3v) is 4.87. The van der Waals surface area contributed by atoms with Crippen LogP contribution in [0.3, 0.4) is 0 Å². The highest BCUT2D eigenvalue weighted by atomic mass is 16.2. The van der Waals surface area contributed by atoms with Crippen LogP contribution >= 0.6 is 0 Å². The predicted octanol–water partition coefficient (Wildman–Crippen LogP) is 4.19. The van der Waals surface area contributed by atoms with Crippen molar-refractivity contribution in [1.29, 1.82) is 0 Å². The van der Waals surface area contributed by atoms with Crippen molar-refractivity contribution in [1.82, 2.24) is 14.8 Å². The average molecular weight is 371 g/mol. The number of rotatable bonds is 4. The SMILES string of the molecule is Cc1ccc(CN2C(=O)N/C(=C/c3cccn3-c3ccccc3C)C2=O)cc1. The molecule has 1 aliphatic heterocycles. The van der Waals surface area contributed by atoms with E-state index in [1.54, 1.807) is 6.08 Å². The summed E-state index contributed by atoms with van der Waals surface area (Å²) >= 11 is 0. The largest absolute Gasteiger partial charge is 0.329 e. The predicted molar refractivity (Wildman–Crippen MR) is 109 cm³/mol. The van der Waals surface area contributed by atoms with E-state index in [1.807, 2.05) is 85.3 Å². The van der Waals surface area contributed by atoms with E-state index in [4.69, 9.17) is 0 Å². The maximum Gasteiger partial charge on any atom is 0.329 e. The second-order valence-electron chi connectivity index (χ2n) is 6.95. The van der Waals surface area contributed by atoms with Crippen LogP contribution in [-0.2, 0) is 11.3 Å². The topological polar surface area (TPSA) is 54.3 Å². The lowest BCUT2D eigenvalue weighted by atomic mass is 10.1. The van der Waals surface area contributed by atoms with E-state index in [0.29, 0.717) is 0 Å². The molecule has 3 amide bonds. The Balaban J connectivity index is 1.61. The van der Waals surface area contributed by atoms with Gasteiger partial charge in [-0.2, -0.15) is 0 Å². The molecule has 4 rings (SSSR count). The number of amides is 3. The molecule has 0 atom stereocenters. The molecule has 2 aromatic carbocycles. The lowest BCUT2D eigenvalue weighted by molar-refractivity contribution is -0.123. The number of nitrogens with zero attached hydrogens (tertiary/aromatic N) is 2. The van der Waals surface area contributed by atoms with E-state index >= 15 is 0 Å². The van der Waals surface area contributed by atoms with E-state index in [-0.39, 0.29) is 18.1 Å². The van der Waals surface area contributed by atoms with Crippen LogP contribution in [0.1, 0.15) is 22.4 Å². The summed E-state index contributed by atoms with van der Waals surface area (Å²) < 4.78 is 2.00. The molecule has 3 aromatic rings. The highest BCUT2D eigenvalue weighted by molar-refractivity contribution is 6.13. The highest BCUT2D eigenvalue weighted by Crippen LogP contribution is 2.21. The van der Waals surface area contributed by atoms with Crippen LogP contribution in [0.4, 0.5) is 4.79 Å². The standard InChI is InChI=1S/C23H21N3O2/c1-16-9-11-18(12-10-16)15-26-22(27)20(24-23(26)28)14-19-7-5-13-25(19)21-8-4-3-6-17(21)2/h3-14H,15H2,1-2H3,(H,24,28)/b20-14+. The summed E-state index contributed by atoms with van der Waals surface area (Å²) in [6.45, 7) is 4.29. The smallest absolute Gasteiger partial charge is 0.317 e. The van der Waals surface area contributed by atoms with E-state index in [2.05, 4.69) is 5.32 Å². The van der Waals surface area contributed by atoms with Crippen molar-refractivity contribution in [2.24, 2.45) is 0 Å². The van der Waals surface area contributed by atoms with Gasteiger partial charge in [0.15, 0.2) is 0 Å². The zero-order valence-corrected chi connectivity index (χ0v) is 15.8. The van der Waals surface area contributed by atoms with Crippen LogP contribution < -0.4 is 5.32 Å². The molecule has 1 fully saturated rings. The van der Waals surface area contributed by atoms with Crippen LogP contribution in [0.5, 0.6) is 0 Å². The van der Waals surface area contributed by atoms with E-state index in [9.17, 15) is 9.59 Å². The number of imide groups is 1. The molecule has 1 aliphatic rings. The summed E-state index contributed by atoms with van der Waals surface area (Å²) in [6.07, 6.45) is 3.67. The minimum Gasteiger partial charge on any atom is -0.317 e. The van der Waals surface area contributed by atoms with Crippen LogP contribution in [0.15, 0.2) is 72.6 Å². The molecule has 2 heterocycles. The molecular weight excluding hydrogens is 350 g/mol. The molecule has 5 heteroatoms. The van der Waals surface area contributed by atoms with Gasteiger partial charge in [-0.1, -0.05) is 48.0 Å². The molecule has 0 saturated carbocycles. The summed E-state index contributed by atoms with van der Waals surface area (Å²) in [6, 6.07) is 19.3. The molecule has 28 heavy (non-hydrogen) atoms. The molecule has 1 aromatic heterocycles. The molecular formula is C23H21N3O2. The summed E-state index contributed by atoms with van der Waals surface area (Å²) in [4.78, 5) is 26.4. The number of urea groups is 1.